The Kier molecular flexibility index (Phi) is 2.72. The summed E-state index contributed by atoms with van der Waals surface area (Å²) >= 11 is 0. The molecule has 3 rings (SSSR count). The van der Waals surface area contributed by atoms with Crippen LogP contribution in [0.25, 0.3) is 0 Å². The molecule has 0 saturated heterocycles. The summed E-state index contributed by atoms with van der Waals surface area (Å²) in [6.07, 6.45) is 3.89. The van der Waals surface area contributed by atoms with Gasteiger partial charge in [-0.2, -0.15) is 0 Å². The molecule has 4 N–H and O–H groups in total. The molecule has 1 aliphatic rings. The van der Waals surface area contributed by atoms with Crippen molar-refractivity contribution >= 4 is 5.82 Å². The van der Waals surface area contributed by atoms with E-state index in [-0.39, 0.29) is 5.92 Å². The van der Waals surface area contributed by atoms with E-state index < -0.39 is 0 Å². The van der Waals surface area contributed by atoms with E-state index in [0.29, 0.717) is 12.4 Å². The molecule has 18 heavy (non-hydrogen) atoms. The van der Waals surface area contributed by atoms with E-state index in [1.165, 1.54) is 11.1 Å². The van der Waals surface area contributed by atoms with Crippen molar-refractivity contribution in [1.29, 1.82) is 0 Å². The predicted octanol–water partition coefficient (Wildman–Crippen LogP) is 1.60. The van der Waals surface area contributed by atoms with Gasteiger partial charge in [-0.15, -0.1) is 0 Å². The van der Waals surface area contributed by atoms with E-state index in [2.05, 4.69) is 34.2 Å². The molecule has 1 aromatic heterocycles. The lowest BCUT2D eigenvalue weighted by Crippen LogP contribution is -2.10. The molecule has 1 heterocycles. The van der Waals surface area contributed by atoms with Crippen LogP contribution in [0.15, 0.2) is 30.5 Å². The van der Waals surface area contributed by atoms with Crippen molar-refractivity contribution in [2.45, 2.75) is 25.3 Å². The zero-order valence-electron chi connectivity index (χ0n) is 10.1. The number of aryl methyl sites for hydroxylation is 1. The van der Waals surface area contributed by atoms with Crippen molar-refractivity contribution in [1.82, 2.24) is 9.97 Å². The normalized spacial score (nSPS) is 17.7. The van der Waals surface area contributed by atoms with Crippen molar-refractivity contribution in [2.75, 3.05) is 5.73 Å². The Bertz CT molecular complexity index is 580. The average Bonchev–Trinajstić information content (AvgIpc) is 2.82. The lowest BCUT2D eigenvalue weighted by molar-refractivity contribution is 0.727. The molecule has 4 nitrogen and oxygen atoms in total. The zero-order chi connectivity index (χ0) is 12.5. The monoisotopic (exact) mass is 240 g/mol. The molecule has 4 heteroatoms. The summed E-state index contributed by atoms with van der Waals surface area (Å²) in [6.45, 7) is 0.382. The summed E-state index contributed by atoms with van der Waals surface area (Å²) < 4.78 is 0. The zero-order valence-corrected chi connectivity index (χ0v) is 10.1. The third kappa shape index (κ3) is 1.75. The maximum Gasteiger partial charge on any atom is 0.138 e. The highest BCUT2D eigenvalue weighted by atomic mass is 15.0. The summed E-state index contributed by atoms with van der Waals surface area (Å²) in [4.78, 5) is 8.83. The van der Waals surface area contributed by atoms with E-state index in [9.17, 15) is 0 Å². The molecule has 2 aromatic rings. The lowest BCUT2D eigenvalue weighted by Gasteiger charge is -2.11. The molecule has 0 spiro atoms. The summed E-state index contributed by atoms with van der Waals surface area (Å²) in [5, 5.41) is 0. The lowest BCUT2D eigenvalue weighted by atomic mass is 10.0. The van der Waals surface area contributed by atoms with Gasteiger partial charge in [0, 0.05) is 24.2 Å². The van der Waals surface area contributed by atoms with Gasteiger partial charge in [-0.25, -0.2) is 9.97 Å². The SMILES string of the molecule is NCc1cnc(C2CCc3ccccc32)nc1N. The third-order valence-electron chi connectivity index (χ3n) is 3.58. The molecule has 1 unspecified atom stereocenters. The highest BCUT2D eigenvalue weighted by molar-refractivity contribution is 5.42. The number of aromatic nitrogens is 2. The minimum absolute atomic E-state index is 0.273. The second-order valence-corrected chi connectivity index (χ2v) is 4.63. The molecule has 92 valence electrons. The van der Waals surface area contributed by atoms with Crippen LogP contribution in [0.5, 0.6) is 0 Å². The molecule has 0 saturated carbocycles. The third-order valence-corrected chi connectivity index (χ3v) is 3.58. The number of hydrogen-bond donors (Lipinski definition) is 2. The number of nitrogens with two attached hydrogens (primary N) is 2. The first-order chi connectivity index (χ1) is 8.79. The van der Waals surface area contributed by atoms with E-state index in [4.69, 9.17) is 11.5 Å². The number of anilines is 1. The number of rotatable bonds is 2. The van der Waals surface area contributed by atoms with Gasteiger partial charge in [-0.3, -0.25) is 0 Å². The van der Waals surface area contributed by atoms with Gasteiger partial charge >= 0.3 is 0 Å². The van der Waals surface area contributed by atoms with Crippen LogP contribution in [-0.2, 0) is 13.0 Å². The number of benzene rings is 1. The quantitative estimate of drug-likeness (QED) is 0.835. The Labute approximate surface area is 106 Å². The minimum Gasteiger partial charge on any atom is -0.383 e. The number of nitrogen functional groups attached to an aromatic ring is 1. The summed E-state index contributed by atoms with van der Waals surface area (Å²) in [5.41, 5.74) is 15.0. The van der Waals surface area contributed by atoms with Gasteiger partial charge in [-0.1, -0.05) is 24.3 Å². The Morgan fingerprint density at radius 2 is 2.11 bits per heavy atom. The smallest absolute Gasteiger partial charge is 0.138 e. The first-order valence-corrected chi connectivity index (χ1v) is 6.18. The van der Waals surface area contributed by atoms with Gasteiger partial charge < -0.3 is 11.5 Å². The topological polar surface area (TPSA) is 77.8 Å². The van der Waals surface area contributed by atoms with Crippen molar-refractivity contribution in [3.63, 3.8) is 0 Å². The molecule has 0 amide bonds. The maximum absolute atomic E-state index is 5.89. The molecular weight excluding hydrogens is 224 g/mol. The Hall–Kier alpha value is -1.94. The fourth-order valence-electron chi connectivity index (χ4n) is 2.58. The highest BCUT2D eigenvalue weighted by Crippen LogP contribution is 2.36. The predicted molar refractivity (Wildman–Crippen MR) is 70.9 cm³/mol. The summed E-state index contributed by atoms with van der Waals surface area (Å²) in [7, 11) is 0. The van der Waals surface area contributed by atoms with Crippen molar-refractivity contribution in [3.05, 3.63) is 53.0 Å². The summed E-state index contributed by atoms with van der Waals surface area (Å²) in [5.74, 6) is 1.59. The summed E-state index contributed by atoms with van der Waals surface area (Å²) in [6, 6.07) is 8.47. The molecule has 1 aromatic carbocycles. The molecule has 1 atom stereocenters. The molecular formula is C14H16N4. The Morgan fingerprint density at radius 1 is 1.28 bits per heavy atom. The molecule has 0 radical (unpaired) electrons. The van der Waals surface area contributed by atoms with Crippen LogP contribution >= 0.6 is 0 Å². The van der Waals surface area contributed by atoms with Gasteiger partial charge in [0.2, 0.25) is 0 Å². The van der Waals surface area contributed by atoms with Crippen LogP contribution in [0.4, 0.5) is 5.82 Å². The van der Waals surface area contributed by atoms with Crippen LogP contribution in [0.1, 0.15) is 34.9 Å². The van der Waals surface area contributed by atoms with Gasteiger partial charge in [0.25, 0.3) is 0 Å². The second kappa shape index (κ2) is 4.38. The second-order valence-electron chi connectivity index (χ2n) is 4.63. The van der Waals surface area contributed by atoms with Crippen LogP contribution in [-0.4, -0.2) is 9.97 Å². The van der Waals surface area contributed by atoms with Crippen LogP contribution in [0.3, 0.4) is 0 Å². The standard InChI is InChI=1S/C14H16N4/c15-7-10-8-17-14(18-13(10)16)12-6-5-9-3-1-2-4-11(9)12/h1-4,8,12H,5-7,15H2,(H2,16,17,18). The molecule has 0 aliphatic heterocycles. The van der Waals surface area contributed by atoms with Gasteiger partial charge in [0.1, 0.15) is 11.6 Å². The van der Waals surface area contributed by atoms with Crippen molar-refractivity contribution in [2.24, 2.45) is 5.73 Å². The average molecular weight is 240 g/mol. The van der Waals surface area contributed by atoms with Crippen LogP contribution < -0.4 is 11.5 Å². The van der Waals surface area contributed by atoms with E-state index in [1.54, 1.807) is 6.20 Å². The first-order valence-electron chi connectivity index (χ1n) is 6.18. The first kappa shape index (κ1) is 11.2. The fourth-order valence-corrected chi connectivity index (χ4v) is 2.58. The van der Waals surface area contributed by atoms with E-state index in [1.807, 2.05) is 0 Å². The highest BCUT2D eigenvalue weighted by Gasteiger charge is 2.25. The Balaban J connectivity index is 2.00. The van der Waals surface area contributed by atoms with Crippen molar-refractivity contribution < 1.29 is 0 Å². The van der Waals surface area contributed by atoms with Gasteiger partial charge in [0.15, 0.2) is 0 Å². The van der Waals surface area contributed by atoms with Gasteiger partial charge in [0.05, 0.1) is 0 Å². The number of fused-ring (bicyclic) bond motifs is 1. The largest absolute Gasteiger partial charge is 0.383 e. The Morgan fingerprint density at radius 3 is 2.89 bits per heavy atom. The van der Waals surface area contributed by atoms with Gasteiger partial charge in [-0.05, 0) is 24.0 Å². The van der Waals surface area contributed by atoms with E-state index in [0.717, 1.165) is 24.2 Å². The minimum atomic E-state index is 0.273. The maximum atomic E-state index is 5.89. The number of nitrogens with zero attached hydrogens (tertiary/aromatic N) is 2. The van der Waals surface area contributed by atoms with Crippen LogP contribution in [0.2, 0.25) is 0 Å². The van der Waals surface area contributed by atoms with E-state index >= 15 is 0 Å². The fraction of sp³-hybridized carbons (Fsp3) is 0.286. The molecule has 0 bridgehead atoms. The van der Waals surface area contributed by atoms with Crippen molar-refractivity contribution in [3.8, 4) is 0 Å². The molecule has 0 fully saturated rings. The molecule has 1 aliphatic carbocycles. The number of hydrogen-bond acceptors (Lipinski definition) is 4. The van der Waals surface area contributed by atoms with Crippen LogP contribution in [0, 0.1) is 0 Å².